The number of benzene rings is 3. The molecule has 6 unspecified atom stereocenters. The summed E-state index contributed by atoms with van der Waals surface area (Å²) in [6.45, 7) is 2.01. The molecule has 54 heavy (non-hydrogen) atoms. The van der Waals surface area contributed by atoms with E-state index in [0.29, 0.717) is 33.4 Å². The number of hydrogen-bond acceptors (Lipinski definition) is 9. The largest absolute Gasteiger partial charge is 0.507 e. The Morgan fingerprint density at radius 3 is 0.815 bits per heavy atom. The Balaban J connectivity index is 1.29. The number of phenols is 3. The number of hydrogen-bond donors (Lipinski definition) is 3. The van der Waals surface area contributed by atoms with Gasteiger partial charge in [-0.3, -0.25) is 30.0 Å². The molecule has 0 spiro atoms. The van der Waals surface area contributed by atoms with Crippen molar-refractivity contribution in [1.29, 1.82) is 0 Å². The molecule has 9 nitrogen and oxygen atoms in total. The molecular weight excluding hydrogens is 808 g/mol. The third kappa shape index (κ3) is 9.28. The van der Waals surface area contributed by atoms with Gasteiger partial charge in [-0.25, -0.2) is 0 Å². The Bertz CT molecular complexity index is 1670. The first kappa shape index (κ1) is 38.3. The van der Waals surface area contributed by atoms with Gasteiger partial charge in [0.1, 0.15) is 17.2 Å². The van der Waals surface area contributed by atoms with Crippen molar-refractivity contribution in [3.63, 3.8) is 0 Å². The van der Waals surface area contributed by atoms with Crippen LogP contribution in [0.4, 0.5) is 0 Å². The van der Waals surface area contributed by atoms with Crippen LogP contribution in [0.1, 0.15) is 116 Å². The summed E-state index contributed by atoms with van der Waals surface area (Å²) in [7, 11) is 0. The molecule has 3 aromatic carbocycles. The van der Waals surface area contributed by atoms with E-state index in [-0.39, 0.29) is 53.5 Å². The van der Waals surface area contributed by atoms with E-state index in [0.717, 1.165) is 91.6 Å². The lowest BCUT2D eigenvalue weighted by Crippen LogP contribution is -2.27. The Labute approximate surface area is 334 Å². The molecule has 282 valence electrons. The van der Waals surface area contributed by atoms with Gasteiger partial charge in [-0.1, -0.05) is 70.4 Å². The second kappa shape index (κ2) is 17.7. The number of phenolic OH excluding ortho intramolecular Hbond substituents is 3. The van der Waals surface area contributed by atoms with Gasteiger partial charge in [-0.15, -0.1) is 0 Å². The molecule has 0 amide bonds. The lowest BCUT2D eigenvalue weighted by atomic mass is 9.91. The van der Waals surface area contributed by atoms with Gasteiger partial charge in [-0.05, 0) is 87.4 Å². The smallest absolute Gasteiger partial charge is 0.133 e. The number of rotatable bonds is 0. The first-order valence-electron chi connectivity index (χ1n) is 19.3. The number of aromatic hydroxyl groups is 3. The minimum Gasteiger partial charge on any atom is -0.507 e. The summed E-state index contributed by atoms with van der Waals surface area (Å²) < 4.78 is 1.64. The fourth-order valence-corrected chi connectivity index (χ4v) is 9.07. The highest BCUT2D eigenvalue weighted by molar-refractivity contribution is 9.10. The Morgan fingerprint density at radius 1 is 0.389 bits per heavy atom. The molecule has 1 aliphatic heterocycles. The molecule has 11 heteroatoms. The molecule has 3 saturated carbocycles. The lowest BCUT2D eigenvalue weighted by molar-refractivity contribution is 0.389. The Kier molecular flexibility index (Phi) is 12.5. The third-order valence-corrected chi connectivity index (χ3v) is 12.0. The second-order valence-corrected chi connectivity index (χ2v) is 16.9. The van der Waals surface area contributed by atoms with Crippen molar-refractivity contribution in [2.75, 3.05) is 0 Å². The van der Waals surface area contributed by atoms with E-state index in [2.05, 4.69) is 31.9 Å². The van der Waals surface area contributed by atoms with Crippen LogP contribution in [0, 0.1) is 6.92 Å². The zero-order chi connectivity index (χ0) is 37.6. The van der Waals surface area contributed by atoms with Gasteiger partial charge in [0.05, 0.1) is 36.3 Å². The number of halogens is 2. The maximum absolute atomic E-state index is 11.4. The van der Waals surface area contributed by atoms with Gasteiger partial charge >= 0.3 is 0 Å². The molecule has 0 radical (unpaired) electrons. The molecular formula is C43H48Br2N6O3. The maximum Gasteiger partial charge on any atom is 0.133 e. The summed E-state index contributed by atoms with van der Waals surface area (Å²) in [6, 6.07) is 11.1. The minimum absolute atomic E-state index is 0.0464. The van der Waals surface area contributed by atoms with Crippen LogP contribution >= 0.6 is 31.9 Å². The molecule has 4 aliphatic rings. The van der Waals surface area contributed by atoms with Gasteiger partial charge in [0.25, 0.3) is 0 Å². The molecule has 6 atom stereocenters. The fourth-order valence-electron chi connectivity index (χ4n) is 8.09. The van der Waals surface area contributed by atoms with Crippen molar-refractivity contribution in [2.45, 2.75) is 120 Å². The second-order valence-electron chi connectivity index (χ2n) is 15.1. The molecule has 1 heterocycles. The van der Waals surface area contributed by atoms with E-state index >= 15 is 0 Å². The highest BCUT2D eigenvalue weighted by atomic mass is 79.9. The van der Waals surface area contributed by atoms with Gasteiger partial charge in [0.15, 0.2) is 0 Å². The summed E-state index contributed by atoms with van der Waals surface area (Å²) in [5, 5.41) is 34.2. The van der Waals surface area contributed by atoms with Crippen LogP contribution < -0.4 is 0 Å². The van der Waals surface area contributed by atoms with Crippen LogP contribution in [-0.2, 0) is 0 Å². The molecule has 7 rings (SSSR count). The van der Waals surface area contributed by atoms with Gasteiger partial charge in [0, 0.05) is 79.6 Å². The third-order valence-electron chi connectivity index (χ3n) is 11.1. The predicted molar refractivity (Wildman–Crippen MR) is 228 cm³/mol. The lowest BCUT2D eigenvalue weighted by Gasteiger charge is -2.26. The molecule has 3 N–H and O–H groups in total. The first-order valence-corrected chi connectivity index (χ1v) is 20.9. The average Bonchev–Trinajstić information content (AvgIpc) is 3.17. The van der Waals surface area contributed by atoms with Crippen molar-refractivity contribution in [3.8, 4) is 17.2 Å². The average molecular weight is 857 g/mol. The van der Waals surface area contributed by atoms with E-state index in [4.69, 9.17) is 30.0 Å². The standard InChI is InChI=1S/C43H48Br2N6O3/c1-26-14-27-20-46-35-8-2-4-10-37(35)48-22-29-16-33(44)18-31(42(29)53)24-50-39-12-6-7-13-40(39)51-25-32-19-34(45)17-30(43(32)54)23-49-38-11-5-3-9-36(38)47-21-28(15-26)41(27)52/h14-25,35-40,52-54H,2-13H2,1H3. The topological polar surface area (TPSA) is 135 Å². The van der Waals surface area contributed by atoms with Crippen molar-refractivity contribution in [2.24, 2.45) is 30.0 Å². The van der Waals surface area contributed by atoms with Crippen molar-refractivity contribution in [3.05, 3.63) is 84.3 Å². The number of nitrogens with zero attached hydrogens (tertiary/aromatic N) is 6. The quantitative estimate of drug-likeness (QED) is 0.208. The molecule has 3 fully saturated rings. The molecule has 3 aliphatic carbocycles. The highest BCUT2D eigenvalue weighted by Gasteiger charge is 2.26. The number of fused-ring (bicyclic) bond motifs is 9. The predicted octanol–water partition coefficient (Wildman–Crippen LogP) is 9.50. The molecule has 0 saturated heterocycles. The van der Waals surface area contributed by atoms with E-state index < -0.39 is 0 Å². The SMILES string of the molecule is Cc1cc2c(O)c(c1)C=NC1CCCCC1N=Cc1cc(Br)cc(c1O)C=NC1CCCCC1N=Cc1cc(Br)cc(c1O)C=NC1CCCCC1N=C2. The van der Waals surface area contributed by atoms with Crippen molar-refractivity contribution >= 4 is 69.1 Å². The molecule has 6 bridgehead atoms. The Morgan fingerprint density at radius 2 is 0.593 bits per heavy atom. The zero-order valence-corrected chi connectivity index (χ0v) is 33.8. The van der Waals surface area contributed by atoms with E-state index in [1.165, 1.54) is 0 Å². The molecule has 0 aromatic heterocycles. The van der Waals surface area contributed by atoms with Gasteiger partial charge < -0.3 is 15.3 Å². The van der Waals surface area contributed by atoms with Crippen LogP contribution in [0.3, 0.4) is 0 Å². The van der Waals surface area contributed by atoms with E-state index in [1.54, 1.807) is 37.3 Å². The minimum atomic E-state index is -0.0588. The Hall–Kier alpha value is -3.96. The summed E-state index contributed by atoms with van der Waals surface area (Å²) in [5.41, 5.74) is 4.75. The van der Waals surface area contributed by atoms with E-state index in [9.17, 15) is 15.3 Å². The fraction of sp³-hybridized carbons (Fsp3) is 0.442. The summed E-state index contributed by atoms with van der Waals surface area (Å²) in [5.74, 6) is 0.405. The molecule has 3 aromatic rings. The highest BCUT2D eigenvalue weighted by Crippen LogP contribution is 2.32. The normalized spacial score (nSPS) is 26.1. The van der Waals surface area contributed by atoms with Gasteiger partial charge in [0.2, 0.25) is 0 Å². The van der Waals surface area contributed by atoms with Crippen LogP contribution in [0.15, 0.2) is 75.3 Å². The summed E-state index contributed by atoms with van der Waals surface area (Å²) >= 11 is 7.27. The maximum atomic E-state index is 11.4. The monoisotopic (exact) mass is 854 g/mol. The first-order chi connectivity index (χ1) is 26.2. The van der Waals surface area contributed by atoms with Crippen molar-refractivity contribution in [1.82, 2.24) is 0 Å². The van der Waals surface area contributed by atoms with Crippen LogP contribution in [0.2, 0.25) is 0 Å². The summed E-state index contributed by atoms with van der Waals surface area (Å²) in [6.07, 6.45) is 22.3. The van der Waals surface area contributed by atoms with Gasteiger partial charge in [-0.2, -0.15) is 0 Å². The van der Waals surface area contributed by atoms with Crippen LogP contribution in [0.5, 0.6) is 17.2 Å². The van der Waals surface area contributed by atoms with Crippen LogP contribution in [-0.4, -0.2) is 88.9 Å². The van der Waals surface area contributed by atoms with Crippen LogP contribution in [0.25, 0.3) is 0 Å². The number of aliphatic imine (C=N–C) groups is 6. The number of aryl methyl sites for hydroxylation is 1. The van der Waals surface area contributed by atoms with E-state index in [1.807, 2.05) is 43.3 Å². The zero-order valence-electron chi connectivity index (χ0n) is 30.7. The summed E-state index contributed by atoms with van der Waals surface area (Å²) in [4.78, 5) is 29.9. The van der Waals surface area contributed by atoms with Crippen molar-refractivity contribution < 1.29 is 15.3 Å².